The minimum absolute atomic E-state index is 0.590. The normalized spacial score (nSPS) is 17.5. The molecule has 0 spiro atoms. The van der Waals surface area contributed by atoms with E-state index in [0.717, 1.165) is 16.9 Å². The Labute approximate surface area is 105 Å². The molecule has 88 valence electrons. The maximum Gasteiger partial charge on any atom is 0.222 e. The highest BCUT2D eigenvalue weighted by atomic mass is 79.9. The highest BCUT2D eigenvalue weighted by Crippen LogP contribution is 2.34. The van der Waals surface area contributed by atoms with E-state index in [1.165, 1.54) is 12.8 Å². The molecule has 1 aromatic rings. The molecule has 4 nitrogen and oxygen atoms in total. The first kappa shape index (κ1) is 11.8. The van der Waals surface area contributed by atoms with Crippen LogP contribution in [0, 0.1) is 5.92 Å². The molecule has 0 aromatic carbocycles. The van der Waals surface area contributed by atoms with Gasteiger partial charge in [-0.15, -0.1) is 0 Å². The van der Waals surface area contributed by atoms with E-state index in [2.05, 4.69) is 50.2 Å². The zero-order valence-corrected chi connectivity index (χ0v) is 11.2. The van der Waals surface area contributed by atoms with Gasteiger partial charge in [-0.25, -0.2) is 9.97 Å². The first-order valence-corrected chi connectivity index (χ1v) is 6.34. The number of rotatable bonds is 5. The Hall–Kier alpha value is -0.680. The molecule has 0 radical (unpaired) electrons. The van der Waals surface area contributed by atoms with Gasteiger partial charge in [-0.3, -0.25) is 0 Å². The van der Waals surface area contributed by atoms with E-state index in [0.29, 0.717) is 12.0 Å². The van der Waals surface area contributed by atoms with Gasteiger partial charge < -0.3 is 10.2 Å². The van der Waals surface area contributed by atoms with Gasteiger partial charge in [0, 0.05) is 25.0 Å². The van der Waals surface area contributed by atoms with E-state index in [9.17, 15) is 0 Å². The zero-order valence-electron chi connectivity index (χ0n) is 9.65. The van der Waals surface area contributed by atoms with Crippen molar-refractivity contribution in [1.82, 2.24) is 14.9 Å². The second kappa shape index (κ2) is 5.10. The number of aromatic nitrogens is 2. The molecule has 0 amide bonds. The Morgan fingerprint density at radius 1 is 1.44 bits per heavy atom. The molecular weight excluding hydrogens is 268 g/mol. The van der Waals surface area contributed by atoms with Crippen molar-refractivity contribution in [1.29, 1.82) is 0 Å². The van der Waals surface area contributed by atoms with Crippen molar-refractivity contribution in [3.05, 3.63) is 16.9 Å². The Kier molecular flexibility index (Phi) is 3.76. The Balaban J connectivity index is 1.87. The molecule has 1 saturated carbocycles. The number of nitrogens with zero attached hydrogens (tertiary/aromatic N) is 3. The van der Waals surface area contributed by atoms with E-state index in [4.69, 9.17) is 0 Å². The summed E-state index contributed by atoms with van der Waals surface area (Å²) in [6, 6.07) is 0.590. The van der Waals surface area contributed by atoms with E-state index in [-0.39, 0.29) is 0 Å². The lowest BCUT2D eigenvalue weighted by molar-refractivity contribution is 0.276. The first-order valence-electron chi connectivity index (χ1n) is 5.54. The van der Waals surface area contributed by atoms with Crippen molar-refractivity contribution >= 4 is 21.9 Å². The maximum atomic E-state index is 4.20. The summed E-state index contributed by atoms with van der Waals surface area (Å²) in [7, 11) is 4.26. The number of hydrogen-bond donors (Lipinski definition) is 1. The molecule has 1 aromatic heterocycles. The Morgan fingerprint density at radius 3 is 2.56 bits per heavy atom. The molecule has 0 saturated heterocycles. The third kappa shape index (κ3) is 3.15. The predicted octanol–water partition coefficient (Wildman–Crippen LogP) is 1.99. The minimum Gasteiger partial charge on any atom is -0.353 e. The molecule has 1 aliphatic carbocycles. The monoisotopic (exact) mass is 284 g/mol. The average molecular weight is 285 g/mol. The smallest absolute Gasteiger partial charge is 0.222 e. The Bertz CT molecular complexity index is 332. The van der Waals surface area contributed by atoms with Crippen LogP contribution in [0.2, 0.25) is 0 Å². The lowest BCUT2D eigenvalue weighted by Gasteiger charge is -2.24. The highest BCUT2D eigenvalue weighted by Gasteiger charge is 2.32. The van der Waals surface area contributed by atoms with E-state index in [1.807, 2.05) is 0 Å². The van der Waals surface area contributed by atoms with Crippen molar-refractivity contribution in [2.45, 2.75) is 18.9 Å². The molecule has 1 aliphatic rings. The Morgan fingerprint density at radius 2 is 2.06 bits per heavy atom. The summed E-state index contributed by atoms with van der Waals surface area (Å²) < 4.78 is 0.907. The van der Waals surface area contributed by atoms with Crippen LogP contribution in [-0.2, 0) is 0 Å². The van der Waals surface area contributed by atoms with Crippen LogP contribution in [0.5, 0.6) is 0 Å². The maximum absolute atomic E-state index is 4.20. The summed E-state index contributed by atoms with van der Waals surface area (Å²) in [5.41, 5.74) is 0. The van der Waals surface area contributed by atoms with Crippen LogP contribution in [0.25, 0.3) is 0 Å². The number of likely N-dealkylation sites (N-methyl/N-ethyl adjacent to an activating group) is 1. The topological polar surface area (TPSA) is 41.0 Å². The largest absolute Gasteiger partial charge is 0.353 e. The van der Waals surface area contributed by atoms with Crippen molar-refractivity contribution in [3.8, 4) is 0 Å². The fourth-order valence-corrected chi connectivity index (χ4v) is 2.06. The molecule has 0 bridgehead atoms. The van der Waals surface area contributed by atoms with Gasteiger partial charge in [0.1, 0.15) is 0 Å². The molecule has 1 heterocycles. The quantitative estimate of drug-likeness (QED) is 0.898. The van der Waals surface area contributed by atoms with E-state index >= 15 is 0 Å². The van der Waals surface area contributed by atoms with E-state index < -0.39 is 0 Å². The first-order chi connectivity index (χ1) is 7.66. The van der Waals surface area contributed by atoms with Gasteiger partial charge in [-0.05, 0) is 48.8 Å². The fourth-order valence-electron chi connectivity index (χ4n) is 1.85. The van der Waals surface area contributed by atoms with Gasteiger partial charge in [0.25, 0.3) is 0 Å². The number of nitrogens with one attached hydrogen (secondary N) is 1. The van der Waals surface area contributed by atoms with Gasteiger partial charge in [-0.2, -0.15) is 0 Å². The van der Waals surface area contributed by atoms with Crippen molar-refractivity contribution in [3.63, 3.8) is 0 Å². The summed E-state index contributed by atoms with van der Waals surface area (Å²) in [5, 5.41) is 3.29. The van der Waals surface area contributed by atoms with Crippen molar-refractivity contribution < 1.29 is 0 Å². The minimum atomic E-state index is 0.590. The van der Waals surface area contributed by atoms with Crippen LogP contribution in [0.4, 0.5) is 5.95 Å². The molecule has 1 fully saturated rings. The predicted molar refractivity (Wildman–Crippen MR) is 68.4 cm³/mol. The number of anilines is 1. The third-order valence-electron chi connectivity index (χ3n) is 2.92. The van der Waals surface area contributed by atoms with Crippen molar-refractivity contribution in [2.24, 2.45) is 5.92 Å². The molecule has 5 heteroatoms. The van der Waals surface area contributed by atoms with Crippen LogP contribution in [0.1, 0.15) is 12.8 Å². The average Bonchev–Trinajstić information content (AvgIpc) is 3.05. The molecule has 16 heavy (non-hydrogen) atoms. The molecular formula is C11H17BrN4. The number of hydrogen-bond acceptors (Lipinski definition) is 4. The summed E-state index contributed by atoms with van der Waals surface area (Å²) in [6.45, 7) is 0.916. The van der Waals surface area contributed by atoms with Gasteiger partial charge >= 0.3 is 0 Å². The van der Waals surface area contributed by atoms with E-state index in [1.54, 1.807) is 12.4 Å². The SMILES string of the molecule is CN(C)C(CNc1ncc(Br)cn1)C1CC1. The third-order valence-corrected chi connectivity index (χ3v) is 3.33. The molecule has 1 unspecified atom stereocenters. The van der Waals surface area contributed by atoms with Crippen LogP contribution >= 0.6 is 15.9 Å². The van der Waals surface area contributed by atoms with Crippen LogP contribution in [-0.4, -0.2) is 41.5 Å². The van der Waals surface area contributed by atoms with Crippen LogP contribution in [0.3, 0.4) is 0 Å². The molecule has 2 rings (SSSR count). The van der Waals surface area contributed by atoms with Crippen LogP contribution in [0.15, 0.2) is 16.9 Å². The van der Waals surface area contributed by atoms with Gasteiger partial charge in [0.2, 0.25) is 5.95 Å². The lowest BCUT2D eigenvalue weighted by Crippen LogP contribution is -2.36. The second-order valence-corrected chi connectivity index (χ2v) is 5.39. The summed E-state index contributed by atoms with van der Waals surface area (Å²) in [5.74, 6) is 1.55. The summed E-state index contributed by atoms with van der Waals surface area (Å²) in [6.07, 6.45) is 6.23. The standard InChI is InChI=1S/C11H17BrN4/c1-16(2)10(8-3-4-8)7-15-11-13-5-9(12)6-14-11/h5-6,8,10H,3-4,7H2,1-2H3,(H,13,14,15). The van der Waals surface area contributed by atoms with Gasteiger partial charge in [0.05, 0.1) is 4.47 Å². The summed E-state index contributed by atoms with van der Waals surface area (Å²) >= 11 is 3.32. The van der Waals surface area contributed by atoms with Gasteiger partial charge in [0.15, 0.2) is 0 Å². The zero-order chi connectivity index (χ0) is 11.5. The van der Waals surface area contributed by atoms with Crippen LogP contribution < -0.4 is 5.32 Å². The second-order valence-electron chi connectivity index (χ2n) is 4.47. The highest BCUT2D eigenvalue weighted by molar-refractivity contribution is 9.10. The number of halogens is 1. The molecule has 1 atom stereocenters. The summed E-state index contributed by atoms with van der Waals surface area (Å²) in [4.78, 5) is 10.7. The lowest BCUT2D eigenvalue weighted by atomic mass is 10.1. The molecule has 0 aliphatic heterocycles. The van der Waals surface area contributed by atoms with Gasteiger partial charge in [-0.1, -0.05) is 0 Å². The molecule has 1 N–H and O–H groups in total. The fraction of sp³-hybridized carbons (Fsp3) is 0.636. The van der Waals surface area contributed by atoms with Crippen molar-refractivity contribution in [2.75, 3.05) is 26.0 Å².